The van der Waals surface area contributed by atoms with Gasteiger partial charge in [0.1, 0.15) is 23.5 Å². The molecule has 0 spiro atoms. The molecule has 11 heteroatoms. The van der Waals surface area contributed by atoms with Gasteiger partial charge < -0.3 is 19.1 Å². The molecule has 1 saturated carbocycles. The van der Waals surface area contributed by atoms with Gasteiger partial charge in [-0.2, -0.15) is 4.98 Å². The molecule has 5 rings (SSSR count). The molecule has 0 amide bonds. The van der Waals surface area contributed by atoms with Crippen LogP contribution in [0.3, 0.4) is 0 Å². The topological polar surface area (TPSA) is 112 Å². The largest absolute Gasteiger partial charge is 0.494 e. The number of nitrogens with zero attached hydrogens (tertiary/aromatic N) is 5. The average molecular weight is 542 g/mol. The third-order valence-corrected chi connectivity index (χ3v) is 6.68. The summed E-state index contributed by atoms with van der Waals surface area (Å²) in [5.41, 5.74) is 2.33. The molecular formula is C26H25Cl2N5O4. The van der Waals surface area contributed by atoms with Crippen molar-refractivity contribution in [3.8, 4) is 23.0 Å². The first-order valence-corrected chi connectivity index (χ1v) is 12.7. The maximum Gasteiger partial charge on any atom is 0.303 e. The number of carbonyl (C=O) groups is 1. The van der Waals surface area contributed by atoms with Crippen LogP contribution >= 0.6 is 23.2 Å². The van der Waals surface area contributed by atoms with Crippen molar-refractivity contribution >= 4 is 40.3 Å². The lowest BCUT2D eigenvalue weighted by atomic mass is 10.2. The molecule has 1 fully saturated rings. The number of imidazole rings is 1. The van der Waals surface area contributed by atoms with E-state index in [1.54, 1.807) is 24.4 Å². The smallest absolute Gasteiger partial charge is 0.303 e. The van der Waals surface area contributed by atoms with Crippen LogP contribution in [0.4, 0.5) is 0 Å². The Hall–Kier alpha value is -3.43. The Morgan fingerprint density at radius 2 is 1.97 bits per heavy atom. The molecule has 192 valence electrons. The number of ether oxygens (including phenoxy) is 2. The quantitative estimate of drug-likeness (QED) is 0.237. The number of rotatable bonds is 11. The van der Waals surface area contributed by atoms with E-state index >= 15 is 0 Å². The van der Waals surface area contributed by atoms with Crippen molar-refractivity contribution in [3.63, 3.8) is 0 Å². The minimum absolute atomic E-state index is 0.120. The number of benzene rings is 1. The molecule has 0 radical (unpaired) electrons. The third-order valence-electron chi connectivity index (χ3n) is 6.13. The van der Waals surface area contributed by atoms with Crippen molar-refractivity contribution in [2.24, 2.45) is 0 Å². The second-order valence-electron chi connectivity index (χ2n) is 9.23. The average Bonchev–Trinajstić information content (AvgIpc) is 3.47. The van der Waals surface area contributed by atoms with Crippen LogP contribution in [0.1, 0.15) is 44.7 Å². The normalized spacial score (nSPS) is 14.0. The number of carboxylic acids is 1. The highest BCUT2D eigenvalue weighted by Gasteiger charge is 2.41. The monoisotopic (exact) mass is 541 g/mol. The molecule has 37 heavy (non-hydrogen) atoms. The van der Waals surface area contributed by atoms with Crippen LogP contribution in [0.25, 0.3) is 22.6 Å². The highest BCUT2D eigenvalue weighted by Crippen LogP contribution is 2.41. The van der Waals surface area contributed by atoms with E-state index in [9.17, 15) is 4.79 Å². The second-order valence-corrected chi connectivity index (χ2v) is 10.1. The van der Waals surface area contributed by atoms with Crippen molar-refractivity contribution in [3.05, 3.63) is 58.6 Å². The minimum Gasteiger partial charge on any atom is -0.494 e. The molecule has 3 aromatic heterocycles. The van der Waals surface area contributed by atoms with E-state index in [-0.39, 0.29) is 12.0 Å². The summed E-state index contributed by atoms with van der Waals surface area (Å²) in [5, 5.41) is 9.80. The molecule has 4 aromatic rings. The van der Waals surface area contributed by atoms with Crippen molar-refractivity contribution in [1.82, 2.24) is 24.5 Å². The molecule has 0 saturated heterocycles. The fourth-order valence-corrected chi connectivity index (χ4v) is 4.33. The van der Waals surface area contributed by atoms with Gasteiger partial charge in [0.15, 0.2) is 11.2 Å². The van der Waals surface area contributed by atoms with Crippen LogP contribution in [0.15, 0.2) is 42.9 Å². The Kier molecular flexibility index (Phi) is 7.17. The van der Waals surface area contributed by atoms with E-state index < -0.39 is 5.97 Å². The van der Waals surface area contributed by atoms with Crippen LogP contribution in [-0.2, 0) is 11.3 Å². The summed E-state index contributed by atoms with van der Waals surface area (Å²) in [5.74, 6) is 0.795. The molecule has 1 aliphatic carbocycles. The third kappa shape index (κ3) is 5.94. The van der Waals surface area contributed by atoms with Crippen LogP contribution in [-0.4, -0.2) is 47.8 Å². The first-order valence-electron chi connectivity index (χ1n) is 12.0. The fraction of sp³-hybridized carbons (Fsp3) is 0.346. The van der Waals surface area contributed by atoms with Crippen molar-refractivity contribution in [1.29, 1.82) is 0 Å². The molecule has 0 bridgehead atoms. The standard InChI is InChI=1S/C26H25Cl2N5O4/c1-26(8-9-26)37-25-22-24(30-15-31-25)33(14-17-12-16(27)7-10-29-17)23(32-22)19-6-5-18(13-20(19)28)36-11-3-2-4-21(34)35/h5-7,10,12-13,15H,2-4,8-9,11,14H2,1H3,(H,34,35). The molecule has 9 nitrogen and oxygen atoms in total. The summed E-state index contributed by atoms with van der Waals surface area (Å²) in [6.45, 7) is 2.81. The Labute approximate surface area is 223 Å². The number of aliphatic carboxylic acids is 1. The van der Waals surface area contributed by atoms with Crippen LogP contribution < -0.4 is 9.47 Å². The maximum atomic E-state index is 10.7. The van der Waals surface area contributed by atoms with Gasteiger partial charge in [0, 0.05) is 23.2 Å². The van der Waals surface area contributed by atoms with E-state index in [1.165, 1.54) is 6.33 Å². The Morgan fingerprint density at radius 1 is 1.14 bits per heavy atom. The van der Waals surface area contributed by atoms with Gasteiger partial charge in [-0.25, -0.2) is 9.97 Å². The van der Waals surface area contributed by atoms with Gasteiger partial charge in [0.05, 0.1) is 23.9 Å². The number of pyridine rings is 1. The lowest BCUT2D eigenvalue weighted by Crippen LogP contribution is -2.13. The molecule has 1 aromatic carbocycles. The maximum absolute atomic E-state index is 10.7. The van der Waals surface area contributed by atoms with Gasteiger partial charge in [-0.1, -0.05) is 23.2 Å². The summed E-state index contributed by atoms with van der Waals surface area (Å²) in [6, 6.07) is 8.90. The first kappa shape index (κ1) is 25.2. The summed E-state index contributed by atoms with van der Waals surface area (Å²) < 4.78 is 13.9. The van der Waals surface area contributed by atoms with Crippen molar-refractivity contribution < 1.29 is 19.4 Å². The summed E-state index contributed by atoms with van der Waals surface area (Å²) in [4.78, 5) is 28.9. The number of hydrogen-bond donors (Lipinski definition) is 1. The predicted octanol–water partition coefficient (Wildman–Crippen LogP) is 5.81. The highest BCUT2D eigenvalue weighted by atomic mass is 35.5. The van der Waals surface area contributed by atoms with E-state index in [4.69, 9.17) is 42.8 Å². The fourth-order valence-electron chi connectivity index (χ4n) is 3.89. The van der Waals surface area contributed by atoms with E-state index in [1.807, 2.05) is 23.6 Å². The SMILES string of the molecule is CC1(Oc2ncnc3c2nc(-c2ccc(OCCCCC(=O)O)cc2Cl)n3Cc2cc(Cl)ccn2)CC1. The highest BCUT2D eigenvalue weighted by molar-refractivity contribution is 6.33. The van der Waals surface area contributed by atoms with Gasteiger partial charge in [0.2, 0.25) is 5.88 Å². The Bertz CT molecular complexity index is 1450. The molecule has 0 aliphatic heterocycles. The zero-order valence-corrected chi connectivity index (χ0v) is 21.7. The van der Waals surface area contributed by atoms with Gasteiger partial charge >= 0.3 is 5.97 Å². The van der Waals surface area contributed by atoms with Gasteiger partial charge in [0.25, 0.3) is 0 Å². The van der Waals surface area contributed by atoms with Crippen molar-refractivity contribution in [2.45, 2.75) is 51.2 Å². The zero-order chi connectivity index (χ0) is 26.0. The van der Waals surface area contributed by atoms with E-state index in [2.05, 4.69) is 15.0 Å². The number of hydrogen-bond acceptors (Lipinski definition) is 7. The molecule has 1 aliphatic rings. The summed E-state index contributed by atoms with van der Waals surface area (Å²) in [6.07, 6.45) is 6.35. The predicted molar refractivity (Wildman–Crippen MR) is 139 cm³/mol. The van der Waals surface area contributed by atoms with Gasteiger partial charge in [-0.05, 0) is 62.9 Å². The number of carboxylic acid groups (broad SMARTS) is 1. The minimum atomic E-state index is -0.812. The summed E-state index contributed by atoms with van der Waals surface area (Å²) in [7, 11) is 0. The number of fused-ring (bicyclic) bond motifs is 1. The van der Waals surface area contributed by atoms with E-state index in [0.29, 0.717) is 70.2 Å². The van der Waals surface area contributed by atoms with E-state index in [0.717, 1.165) is 18.5 Å². The lowest BCUT2D eigenvalue weighted by Gasteiger charge is -2.12. The molecule has 1 N–H and O–H groups in total. The molecule has 0 unspecified atom stereocenters. The number of aromatic nitrogens is 5. The number of unbranched alkanes of at least 4 members (excludes halogenated alkanes) is 1. The van der Waals surface area contributed by atoms with Crippen LogP contribution in [0.5, 0.6) is 11.6 Å². The second kappa shape index (κ2) is 10.5. The molecule has 3 heterocycles. The van der Waals surface area contributed by atoms with Crippen LogP contribution in [0.2, 0.25) is 10.0 Å². The first-order chi connectivity index (χ1) is 17.8. The molecule has 0 atom stereocenters. The van der Waals surface area contributed by atoms with Crippen LogP contribution in [0, 0.1) is 0 Å². The Balaban J connectivity index is 1.49. The lowest BCUT2D eigenvalue weighted by molar-refractivity contribution is -0.137. The van der Waals surface area contributed by atoms with Gasteiger partial charge in [-0.15, -0.1) is 0 Å². The molecular weight excluding hydrogens is 517 g/mol. The Morgan fingerprint density at radius 3 is 2.70 bits per heavy atom. The zero-order valence-electron chi connectivity index (χ0n) is 20.2. The summed E-state index contributed by atoms with van der Waals surface area (Å²) >= 11 is 12.9. The van der Waals surface area contributed by atoms with Crippen molar-refractivity contribution in [2.75, 3.05) is 6.61 Å². The van der Waals surface area contributed by atoms with Gasteiger partial charge in [-0.3, -0.25) is 9.78 Å². The number of halogens is 2.